The number of rotatable bonds is 5. The van der Waals surface area contributed by atoms with Gasteiger partial charge in [0.05, 0.1) is 0 Å². The highest BCUT2D eigenvalue weighted by Crippen LogP contribution is 2.39. The molecule has 0 aromatic heterocycles. The molecule has 1 heterocycles. The van der Waals surface area contributed by atoms with Gasteiger partial charge in [0.25, 0.3) is 0 Å². The molecule has 3 rings (SSSR count). The monoisotopic (exact) mass is 309 g/mol. The first-order chi connectivity index (χ1) is 11.2. The number of nitrogens with one attached hydrogen (secondary N) is 1. The number of nitrogens with zero attached hydrogens (tertiary/aromatic N) is 2. The van der Waals surface area contributed by atoms with Gasteiger partial charge in [0, 0.05) is 12.2 Å². The molecular formula is C19H23N3O. The van der Waals surface area contributed by atoms with Crippen molar-refractivity contribution in [2.45, 2.75) is 32.4 Å². The Balaban J connectivity index is 2.08. The van der Waals surface area contributed by atoms with Gasteiger partial charge in [-0.2, -0.15) is 5.01 Å². The molecule has 1 atom stereocenters. The Kier molecular flexibility index (Phi) is 4.35. The van der Waals surface area contributed by atoms with E-state index < -0.39 is 5.66 Å². The summed E-state index contributed by atoms with van der Waals surface area (Å²) in [4.78, 5) is 14.6. The van der Waals surface area contributed by atoms with E-state index in [0.717, 1.165) is 30.6 Å². The number of carbonyl (C=O) groups excluding carboxylic acids is 1. The van der Waals surface area contributed by atoms with Gasteiger partial charge in [-0.1, -0.05) is 61.9 Å². The van der Waals surface area contributed by atoms with Gasteiger partial charge in [0.1, 0.15) is 5.66 Å². The second kappa shape index (κ2) is 6.42. The van der Waals surface area contributed by atoms with Gasteiger partial charge in [0.2, 0.25) is 0 Å². The summed E-state index contributed by atoms with van der Waals surface area (Å²) in [6.45, 7) is 5.08. The lowest BCUT2D eigenvalue weighted by atomic mass is 9.98. The maximum absolute atomic E-state index is 12.7. The minimum Gasteiger partial charge on any atom is -0.269 e. The molecular weight excluding hydrogens is 286 g/mol. The van der Waals surface area contributed by atoms with Crippen LogP contribution in [0.4, 0.5) is 10.5 Å². The Morgan fingerprint density at radius 3 is 2.22 bits per heavy atom. The Morgan fingerprint density at radius 2 is 1.61 bits per heavy atom. The molecule has 1 N–H and O–H groups in total. The van der Waals surface area contributed by atoms with Crippen molar-refractivity contribution in [1.82, 2.24) is 10.4 Å². The zero-order chi connectivity index (χ0) is 16.3. The molecule has 23 heavy (non-hydrogen) atoms. The molecule has 1 unspecified atom stereocenters. The Morgan fingerprint density at radius 1 is 1.00 bits per heavy atom. The van der Waals surface area contributed by atoms with Crippen LogP contribution in [0.1, 0.15) is 32.3 Å². The van der Waals surface area contributed by atoms with Gasteiger partial charge in [-0.3, -0.25) is 10.3 Å². The Bertz CT molecular complexity index is 659. The smallest absolute Gasteiger partial charge is 0.269 e. The molecule has 1 fully saturated rings. The molecule has 1 aliphatic heterocycles. The topological polar surface area (TPSA) is 35.6 Å². The second-order valence-corrected chi connectivity index (χ2v) is 5.98. The predicted octanol–water partition coefficient (Wildman–Crippen LogP) is 4.11. The number of unbranched alkanes of at least 4 members (excludes halogenated alkanes) is 1. The number of hydrogen-bond acceptors (Lipinski definition) is 2. The van der Waals surface area contributed by atoms with E-state index in [1.165, 1.54) is 0 Å². The first-order valence-electron chi connectivity index (χ1n) is 8.17. The van der Waals surface area contributed by atoms with Crippen LogP contribution in [0.5, 0.6) is 0 Å². The summed E-state index contributed by atoms with van der Waals surface area (Å²) >= 11 is 0. The van der Waals surface area contributed by atoms with Gasteiger partial charge >= 0.3 is 6.03 Å². The normalized spacial score (nSPS) is 21.5. The molecule has 0 bridgehead atoms. The number of urea groups is 1. The number of hydrogen-bond donors (Lipinski definition) is 1. The van der Waals surface area contributed by atoms with Gasteiger partial charge in [-0.05, 0) is 31.0 Å². The van der Waals surface area contributed by atoms with E-state index in [9.17, 15) is 4.79 Å². The lowest BCUT2D eigenvalue weighted by Crippen LogP contribution is -2.50. The molecule has 0 radical (unpaired) electrons. The van der Waals surface area contributed by atoms with Crippen LogP contribution in [0, 0.1) is 0 Å². The van der Waals surface area contributed by atoms with E-state index >= 15 is 0 Å². The number of hydrazine groups is 1. The van der Waals surface area contributed by atoms with Crippen LogP contribution in [0.25, 0.3) is 0 Å². The molecule has 0 aliphatic carbocycles. The molecule has 2 aromatic carbocycles. The molecule has 2 amide bonds. The summed E-state index contributed by atoms with van der Waals surface area (Å²) < 4.78 is 0. The van der Waals surface area contributed by atoms with Crippen molar-refractivity contribution in [1.29, 1.82) is 0 Å². The summed E-state index contributed by atoms with van der Waals surface area (Å²) in [5.41, 5.74) is 4.49. The third-order valence-electron chi connectivity index (χ3n) is 4.47. The third-order valence-corrected chi connectivity index (χ3v) is 4.47. The fourth-order valence-corrected chi connectivity index (χ4v) is 3.17. The fourth-order valence-electron chi connectivity index (χ4n) is 3.17. The highest BCUT2D eigenvalue weighted by atomic mass is 16.2. The van der Waals surface area contributed by atoms with E-state index in [1.54, 1.807) is 0 Å². The Hall–Kier alpha value is -2.33. The van der Waals surface area contributed by atoms with Crippen molar-refractivity contribution in [2.75, 3.05) is 11.4 Å². The van der Waals surface area contributed by atoms with Crippen LogP contribution < -0.4 is 10.3 Å². The fraction of sp³-hybridized carbons (Fsp3) is 0.316. The number of carbonyl (C=O) groups is 1. The van der Waals surface area contributed by atoms with Crippen LogP contribution in [0.3, 0.4) is 0 Å². The average molecular weight is 309 g/mol. The van der Waals surface area contributed by atoms with Crippen molar-refractivity contribution in [3.63, 3.8) is 0 Å². The summed E-state index contributed by atoms with van der Waals surface area (Å²) in [6, 6.07) is 19.9. The summed E-state index contributed by atoms with van der Waals surface area (Å²) in [5, 5.41) is 2.06. The molecule has 1 aliphatic rings. The predicted molar refractivity (Wildman–Crippen MR) is 92.9 cm³/mol. The molecule has 120 valence electrons. The van der Waals surface area contributed by atoms with E-state index in [2.05, 4.69) is 36.4 Å². The molecule has 0 saturated carbocycles. The highest BCUT2D eigenvalue weighted by molar-refractivity contribution is 5.95. The minimum absolute atomic E-state index is 0.0846. The largest absolute Gasteiger partial charge is 0.338 e. The van der Waals surface area contributed by atoms with Crippen LogP contribution in [-0.2, 0) is 5.66 Å². The van der Waals surface area contributed by atoms with E-state index in [0.29, 0.717) is 0 Å². The van der Waals surface area contributed by atoms with Crippen molar-refractivity contribution >= 4 is 11.7 Å². The van der Waals surface area contributed by atoms with E-state index in [4.69, 9.17) is 0 Å². The van der Waals surface area contributed by atoms with E-state index in [-0.39, 0.29) is 6.03 Å². The number of para-hydroxylation sites is 1. The second-order valence-electron chi connectivity index (χ2n) is 5.98. The number of benzene rings is 2. The first kappa shape index (κ1) is 15.6. The van der Waals surface area contributed by atoms with Crippen LogP contribution >= 0.6 is 0 Å². The standard InChI is InChI=1S/C19H23N3O/c1-3-4-15-21-19(2,16-11-7-5-8-12-16)22(18(23)20-21)17-13-9-6-10-14-17/h5-14H,3-4,15H2,1-2H3,(H,20,23). The van der Waals surface area contributed by atoms with Crippen LogP contribution in [0.2, 0.25) is 0 Å². The van der Waals surface area contributed by atoms with Crippen molar-refractivity contribution in [3.05, 3.63) is 66.2 Å². The molecule has 0 spiro atoms. The summed E-state index contributed by atoms with van der Waals surface area (Å²) in [6.07, 6.45) is 2.12. The number of anilines is 1. The van der Waals surface area contributed by atoms with Gasteiger partial charge in [0.15, 0.2) is 0 Å². The number of amides is 2. The molecule has 1 saturated heterocycles. The SMILES string of the molecule is CCCCN1NC(=O)N(c2ccccc2)C1(C)c1ccccc1. The quantitative estimate of drug-likeness (QED) is 0.902. The van der Waals surface area contributed by atoms with Crippen LogP contribution in [-0.4, -0.2) is 17.6 Å². The van der Waals surface area contributed by atoms with Crippen molar-refractivity contribution in [2.24, 2.45) is 0 Å². The van der Waals surface area contributed by atoms with Crippen LogP contribution in [0.15, 0.2) is 60.7 Å². The average Bonchev–Trinajstić information content (AvgIpc) is 2.86. The molecule has 4 heteroatoms. The highest BCUT2D eigenvalue weighted by Gasteiger charge is 2.49. The van der Waals surface area contributed by atoms with Crippen molar-refractivity contribution < 1.29 is 4.79 Å². The maximum atomic E-state index is 12.7. The maximum Gasteiger partial charge on any atom is 0.338 e. The lowest BCUT2D eigenvalue weighted by Gasteiger charge is -2.39. The van der Waals surface area contributed by atoms with Gasteiger partial charge in [-0.25, -0.2) is 4.79 Å². The summed E-state index contributed by atoms with van der Waals surface area (Å²) in [5.74, 6) is 0. The first-order valence-corrected chi connectivity index (χ1v) is 8.17. The van der Waals surface area contributed by atoms with Crippen molar-refractivity contribution in [3.8, 4) is 0 Å². The van der Waals surface area contributed by atoms with E-state index in [1.807, 2.05) is 53.4 Å². The Labute approximate surface area is 137 Å². The van der Waals surface area contributed by atoms with Gasteiger partial charge in [-0.15, -0.1) is 0 Å². The van der Waals surface area contributed by atoms with Gasteiger partial charge < -0.3 is 0 Å². The zero-order valence-electron chi connectivity index (χ0n) is 13.7. The summed E-state index contributed by atoms with van der Waals surface area (Å²) in [7, 11) is 0. The molecule has 2 aromatic rings. The third kappa shape index (κ3) is 2.70. The minimum atomic E-state index is -0.547. The zero-order valence-corrected chi connectivity index (χ0v) is 13.7. The molecule has 4 nitrogen and oxygen atoms in total. The lowest BCUT2D eigenvalue weighted by molar-refractivity contribution is 0.106.